The number of non-ortho nitro benzene ring substituents is 1. The molecule has 0 unspecified atom stereocenters. The molecule has 2 aromatic carbocycles. The number of nitro benzene ring substituents is 1. The Bertz CT molecular complexity index is 893. The highest BCUT2D eigenvalue weighted by molar-refractivity contribution is 7.14. The van der Waals surface area contributed by atoms with Gasteiger partial charge in [0.2, 0.25) is 5.13 Å². The molecule has 0 saturated heterocycles. The van der Waals surface area contributed by atoms with Gasteiger partial charge in [0.05, 0.1) is 10.6 Å². The molecule has 1 aromatic heterocycles. The van der Waals surface area contributed by atoms with Gasteiger partial charge in [-0.3, -0.25) is 15.5 Å². The number of hydrogen-bond donors (Lipinski definition) is 1. The van der Waals surface area contributed by atoms with Gasteiger partial charge in [0.25, 0.3) is 5.69 Å². The second kappa shape index (κ2) is 7.67. The summed E-state index contributed by atoms with van der Waals surface area (Å²) < 4.78 is 0. The predicted molar refractivity (Wildman–Crippen MR) is 101 cm³/mol. The van der Waals surface area contributed by atoms with Gasteiger partial charge in [-0.15, -0.1) is 11.3 Å². The van der Waals surface area contributed by atoms with E-state index in [1.165, 1.54) is 29.0 Å². The molecule has 0 aliphatic rings. The molecule has 0 amide bonds. The highest BCUT2D eigenvalue weighted by Gasteiger charge is 2.09. The van der Waals surface area contributed by atoms with Crippen LogP contribution in [-0.4, -0.2) is 16.1 Å². The number of rotatable bonds is 6. The van der Waals surface area contributed by atoms with Crippen molar-refractivity contribution in [3.8, 4) is 11.3 Å². The zero-order valence-electron chi connectivity index (χ0n) is 13.5. The van der Waals surface area contributed by atoms with Crippen LogP contribution in [0, 0.1) is 10.1 Å². The van der Waals surface area contributed by atoms with E-state index in [9.17, 15) is 10.1 Å². The van der Waals surface area contributed by atoms with Crippen molar-refractivity contribution in [3.63, 3.8) is 0 Å². The van der Waals surface area contributed by atoms with Crippen LogP contribution in [0.1, 0.15) is 18.4 Å². The Morgan fingerprint density at radius 3 is 2.80 bits per heavy atom. The average molecular weight is 352 g/mol. The number of aromatic nitrogens is 1. The molecular weight excluding hydrogens is 336 g/mol. The topological polar surface area (TPSA) is 80.4 Å². The van der Waals surface area contributed by atoms with E-state index in [1.807, 2.05) is 29.8 Å². The van der Waals surface area contributed by atoms with Gasteiger partial charge < -0.3 is 0 Å². The molecule has 3 aromatic rings. The van der Waals surface area contributed by atoms with Crippen molar-refractivity contribution in [3.05, 3.63) is 75.7 Å². The lowest BCUT2D eigenvalue weighted by Gasteiger charge is -2.04. The number of nitro groups is 1. The normalized spacial score (nSPS) is 12.2. The summed E-state index contributed by atoms with van der Waals surface area (Å²) in [6.07, 6.45) is 1.82. The highest BCUT2D eigenvalue weighted by Crippen LogP contribution is 2.27. The minimum atomic E-state index is -0.412. The summed E-state index contributed by atoms with van der Waals surface area (Å²) in [5.74, 6) is 0.185. The van der Waals surface area contributed by atoms with Crippen molar-refractivity contribution < 1.29 is 4.92 Å². The van der Waals surface area contributed by atoms with Gasteiger partial charge in [0, 0.05) is 35.2 Å². The molecule has 6 nitrogen and oxygen atoms in total. The van der Waals surface area contributed by atoms with Gasteiger partial charge >= 0.3 is 0 Å². The smallest absolute Gasteiger partial charge is 0.258 e. The maximum atomic E-state index is 10.9. The van der Waals surface area contributed by atoms with Crippen LogP contribution in [-0.2, 0) is 0 Å². The second-order valence-electron chi connectivity index (χ2n) is 5.43. The van der Waals surface area contributed by atoms with Crippen LogP contribution in [0.5, 0.6) is 0 Å². The Morgan fingerprint density at radius 1 is 1.24 bits per heavy atom. The summed E-state index contributed by atoms with van der Waals surface area (Å²) in [4.78, 5) is 14.9. The Kier molecular flexibility index (Phi) is 5.15. The first kappa shape index (κ1) is 16.8. The standard InChI is InChI=1S/C18H16N4O2S/c1-13(14-6-3-2-4-7-14)11-19-21-18-20-17(12-25-18)15-8-5-9-16(10-15)22(23)24/h2-13H,1H3,(H,20,21)/b19-11+/t13-/m1/s1. The van der Waals surface area contributed by atoms with Gasteiger partial charge in [-0.05, 0) is 5.56 Å². The first-order chi connectivity index (χ1) is 12.1. The van der Waals surface area contributed by atoms with Crippen molar-refractivity contribution in [2.75, 3.05) is 5.43 Å². The van der Waals surface area contributed by atoms with Crippen molar-refractivity contribution in [2.24, 2.45) is 5.10 Å². The van der Waals surface area contributed by atoms with E-state index < -0.39 is 4.92 Å². The molecule has 1 N–H and O–H groups in total. The first-order valence-electron chi connectivity index (χ1n) is 7.68. The molecule has 0 saturated carbocycles. The van der Waals surface area contributed by atoms with Crippen LogP contribution in [0.25, 0.3) is 11.3 Å². The van der Waals surface area contributed by atoms with Crippen molar-refractivity contribution in [2.45, 2.75) is 12.8 Å². The third-order valence-electron chi connectivity index (χ3n) is 3.64. The minimum Gasteiger partial charge on any atom is -0.258 e. The predicted octanol–water partition coefficient (Wildman–Crippen LogP) is 4.92. The molecule has 1 heterocycles. The Hall–Kier alpha value is -3.06. The summed E-state index contributed by atoms with van der Waals surface area (Å²) >= 11 is 1.40. The lowest BCUT2D eigenvalue weighted by Crippen LogP contribution is -1.97. The zero-order chi connectivity index (χ0) is 17.6. The SMILES string of the molecule is C[C@H](/C=N/Nc1nc(-c2cccc([N+](=O)[O-])c2)cs1)c1ccccc1. The average Bonchev–Trinajstić information content (AvgIpc) is 3.11. The molecular formula is C18H16N4O2S. The fourth-order valence-electron chi connectivity index (χ4n) is 2.28. The molecule has 0 aliphatic carbocycles. The lowest BCUT2D eigenvalue weighted by atomic mass is 10.0. The van der Waals surface area contributed by atoms with E-state index in [2.05, 4.69) is 34.6 Å². The molecule has 3 rings (SSSR count). The summed E-state index contributed by atoms with van der Waals surface area (Å²) in [7, 11) is 0. The number of hydrazone groups is 1. The lowest BCUT2D eigenvalue weighted by molar-refractivity contribution is -0.384. The van der Waals surface area contributed by atoms with Crippen LogP contribution in [0.3, 0.4) is 0 Å². The fraction of sp³-hybridized carbons (Fsp3) is 0.111. The van der Waals surface area contributed by atoms with Gasteiger partial charge in [-0.25, -0.2) is 4.98 Å². The Morgan fingerprint density at radius 2 is 2.04 bits per heavy atom. The maximum absolute atomic E-state index is 10.9. The van der Waals surface area contributed by atoms with E-state index in [0.717, 1.165) is 0 Å². The van der Waals surface area contributed by atoms with Crippen LogP contribution in [0.2, 0.25) is 0 Å². The van der Waals surface area contributed by atoms with Crippen molar-refractivity contribution in [1.29, 1.82) is 0 Å². The molecule has 0 spiro atoms. The largest absolute Gasteiger partial charge is 0.270 e. The molecule has 0 fully saturated rings. The number of hydrogen-bond acceptors (Lipinski definition) is 6. The molecule has 1 atom stereocenters. The fourth-order valence-corrected chi connectivity index (χ4v) is 2.95. The number of thiazole rings is 1. The third kappa shape index (κ3) is 4.27. The molecule has 0 radical (unpaired) electrons. The summed E-state index contributed by atoms with van der Waals surface area (Å²) in [6, 6.07) is 16.5. The third-order valence-corrected chi connectivity index (χ3v) is 4.39. The van der Waals surface area contributed by atoms with Crippen molar-refractivity contribution >= 4 is 28.4 Å². The van der Waals surface area contributed by atoms with E-state index in [4.69, 9.17) is 0 Å². The van der Waals surface area contributed by atoms with Gasteiger partial charge in [0.1, 0.15) is 0 Å². The molecule has 7 heteroatoms. The number of anilines is 1. The first-order valence-corrected chi connectivity index (χ1v) is 8.56. The molecule has 126 valence electrons. The number of nitrogens with zero attached hydrogens (tertiary/aromatic N) is 3. The minimum absolute atomic E-state index is 0.0507. The van der Waals surface area contributed by atoms with E-state index in [0.29, 0.717) is 16.4 Å². The van der Waals surface area contributed by atoms with E-state index >= 15 is 0 Å². The van der Waals surface area contributed by atoms with Gasteiger partial charge in [0.15, 0.2) is 0 Å². The number of nitrogens with one attached hydrogen (secondary N) is 1. The summed E-state index contributed by atoms with van der Waals surface area (Å²) in [5.41, 5.74) is 5.54. The van der Waals surface area contributed by atoms with Crippen LogP contribution in [0.15, 0.2) is 65.1 Å². The maximum Gasteiger partial charge on any atom is 0.270 e. The Labute approximate surface area is 149 Å². The molecule has 25 heavy (non-hydrogen) atoms. The molecule has 0 aliphatic heterocycles. The molecule has 0 bridgehead atoms. The second-order valence-corrected chi connectivity index (χ2v) is 6.29. The van der Waals surface area contributed by atoms with Crippen LogP contribution < -0.4 is 5.43 Å². The zero-order valence-corrected chi connectivity index (χ0v) is 14.3. The van der Waals surface area contributed by atoms with Crippen molar-refractivity contribution in [1.82, 2.24) is 4.98 Å². The Balaban J connectivity index is 1.67. The van der Waals surface area contributed by atoms with E-state index in [1.54, 1.807) is 12.1 Å². The quantitative estimate of drug-likeness (QED) is 0.388. The van der Waals surface area contributed by atoms with E-state index in [-0.39, 0.29) is 11.6 Å². The monoisotopic (exact) mass is 352 g/mol. The van der Waals surface area contributed by atoms with Crippen LogP contribution in [0.4, 0.5) is 10.8 Å². The van der Waals surface area contributed by atoms with Crippen LogP contribution >= 0.6 is 11.3 Å². The van der Waals surface area contributed by atoms with Gasteiger partial charge in [-0.2, -0.15) is 5.10 Å². The summed E-state index contributed by atoms with van der Waals surface area (Å²) in [5, 5.41) is 17.6. The highest BCUT2D eigenvalue weighted by atomic mass is 32.1. The van der Waals surface area contributed by atoms with Gasteiger partial charge in [-0.1, -0.05) is 49.4 Å². The number of benzene rings is 2. The summed E-state index contributed by atoms with van der Waals surface area (Å²) in [6.45, 7) is 2.07.